The Morgan fingerprint density at radius 1 is 1.20 bits per heavy atom. The number of carbonyl (C=O) groups is 1. The standard InChI is InChI=1S/C14H22N2O3S/c1-3-11-20(18,19)13-8-5-4-7-12(13)14(17)16-10-6-9-15-2/h4-5,7-8,15H,3,6,9-11H2,1-2H3,(H,16,17). The third kappa shape index (κ3) is 4.61. The highest BCUT2D eigenvalue weighted by Gasteiger charge is 2.20. The highest BCUT2D eigenvalue weighted by Crippen LogP contribution is 2.17. The van der Waals surface area contributed by atoms with E-state index in [1.807, 2.05) is 7.05 Å². The molecule has 6 heteroatoms. The van der Waals surface area contributed by atoms with Crippen LogP contribution in [0.3, 0.4) is 0 Å². The van der Waals surface area contributed by atoms with Gasteiger partial charge in [-0.3, -0.25) is 4.79 Å². The van der Waals surface area contributed by atoms with Gasteiger partial charge in [0.25, 0.3) is 5.91 Å². The summed E-state index contributed by atoms with van der Waals surface area (Å²) in [5, 5.41) is 5.73. The first kappa shape index (κ1) is 16.7. The molecule has 112 valence electrons. The molecule has 0 saturated carbocycles. The van der Waals surface area contributed by atoms with E-state index in [-0.39, 0.29) is 22.1 Å². The lowest BCUT2D eigenvalue weighted by Crippen LogP contribution is -2.28. The quantitative estimate of drug-likeness (QED) is 0.707. The summed E-state index contributed by atoms with van der Waals surface area (Å²) in [5.41, 5.74) is 0.227. The summed E-state index contributed by atoms with van der Waals surface area (Å²) in [7, 11) is -1.55. The molecular weight excluding hydrogens is 276 g/mol. The Labute approximate surface area is 120 Å². The predicted octanol–water partition coefficient (Wildman–Crippen LogP) is 1.21. The fourth-order valence-electron chi connectivity index (χ4n) is 1.87. The highest BCUT2D eigenvalue weighted by atomic mass is 32.2. The van der Waals surface area contributed by atoms with Gasteiger partial charge in [-0.25, -0.2) is 8.42 Å². The van der Waals surface area contributed by atoms with Gasteiger partial charge in [-0.05, 0) is 38.6 Å². The molecule has 1 aromatic carbocycles. The number of nitrogens with one attached hydrogen (secondary N) is 2. The van der Waals surface area contributed by atoms with Crippen molar-refractivity contribution in [2.45, 2.75) is 24.7 Å². The molecule has 5 nitrogen and oxygen atoms in total. The Bertz CT molecular complexity index is 541. The first-order chi connectivity index (χ1) is 9.53. The molecule has 0 fully saturated rings. The summed E-state index contributed by atoms with van der Waals surface area (Å²) < 4.78 is 24.3. The number of amides is 1. The van der Waals surface area contributed by atoms with Crippen LogP contribution in [0.25, 0.3) is 0 Å². The Kier molecular flexibility index (Phi) is 6.67. The van der Waals surface area contributed by atoms with Crippen LogP contribution >= 0.6 is 0 Å². The van der Waals surface area contributed by atoms with Crippen LogP contribution in [0.2, 0.25) is 0 Å². The molecule has 20 heavy (non-hydrogen) atoms. The average Bonchev–Trinajstić information content (AvgIpc) is 2.43. The van der Waals surface area contributed by atoms with Gasteiger partial charge >= 0.3 is 0 Å². The van der Waals surface area contributed by atoms with Crippen molar-refractivity contribution in [2.24, 2.45) is 0 Å². The van der Waals surface area contributed by atoms with E-state index in [0.717, 1.165) is 13.0 Å². The zero-order chi connectivity index (χ0) is 15.0. The smallest absolute Gasteiger partial charge is 0.252 e. The van der Waals surface area contributed by atoms with Crippen molar-refractivity contribution < 1.29 is 13.2 Å². The maximum absolute atomic E-state index is 12.1. The van der Waals surface area contributed by atoms with Gasteiger partial charge in [-0.1, -0.05) is 19.1 Å². The summed E-state index contributed by atoms with van der Waals surface area (Å²) in [6.07, 6.45) is 1.33. The van der Waals surface area contributed by atoms with Crippen LogP contribution in [0.4, 0.5) is 0 Å². The van der Waals surface area contributed by atoms with Crippen LogP contribution in [0.1, 0.15) is 30.1 Å². The number of sulfone groups is 1. The zero-order valence-electron chi connectivity index (χ0n) is 12.0. The Hall–Kier alpha value is -1.40. The topological polar surface area (TPSA) is 75.3 Å². The Balaban J connectivity index is 2.88. The maximum Gasteiger partial charge on any atom is 0.252 e. The second kappa shape index (κ2) is 8.01. The molecule has 1 amide bonds. The summed E-state index contributed by atoms with van der Waals surface area (Å²) in [4.78, 5) is 12.2. The van der Waals surface area contributed by atoms with Crippen molar-refractivity contribution in [3.05, 3.63) is 29.8 Å². The first-order valence-electron chi connectivity index (χ1n) is 6.77. The van der Waals surface area contributed by atoms with E-state index in [4.69, 9.17) is 0 Å². The lowest BCUT2D eigenvalue weighted by molar-refractivity contribution is 0.0950. The summed E-state index contributed by atoms with van der Waals surface area (Å²) in [5.74, 6) is -0.284. The lowest BCUT2D eigenvalue weighted by Gasteiger charge is -2.10. The molecule has 0 saturated heterocycles. The van der Waals surface area contributed by atoms with Gasteiger partial charge in [0.2, 0.25) is 0 Å². The first-order valence-corrected chi connectivity index (χ1v) is 8.42. The van der Waals surface area contributed by atoms with Crippen LogP contribution in [0.15, 0.2) is 29.2 Å². The molecule has 0 heterocycles. The van der Waals surface area contributed by atoms with Crippen molar-refractivity contribution >= 4 is 15.7 Å². The van der Waals surface area contributed by atoms with E-state index in [0.29, 0.717) is 13.0 Å². The van der Waals surface area contributed by atoms with Crippen LogP contribution in [-0.4, -0.2) is 40.2 Å². The number of benzene rings is 1. The number of hydrogen-bond donors (Lipinski definition) is 2. The molecule has 0 bridgehead atoms. The third-order valence-corrected chi connectivity index (χ3v) is 4.80. The van der Waals surface area contributed by atoms with Crippen molar-refractivity contribution in [1.82, 2.24) is 10.6 Å². The Morgan fingerprint density at radius 2 is 1.90 bits per heavy atom. The van der Waals surface area contributed by atoms with E-state index in [1.165, 1.54) is 6.07 Å². The molecule has 1 rings (SSSR count). The van der Waals surface area contributed by atoms with E-state index in [2.05, 4.69) is 10.6 Å². The zero-order valence-corrected chi connectivity index (χ0v) is 12.8. The van der Waals surface area contributed by atoms with E-state index in [9.17, 15) is 13.2 Å². The third-order valence-electron chi connectivity index (χ3n) is 2.83. The normalized spacial score (nSPS) is 11.3. The minimum atomic E-state index is -3.39. The second-order valence-corrected chi connectivity index (χ2v) is 6.61. The number of rotatable bonds is 8. The van der Waals surface area contributed by atoms with Gasteiger partial charge in [0.1, 0.15) is 0 Å². The second-order valence-electron chi connectivity index (χ2n) is 4.53. The lowest BCUT2D eigenvalue weighted by atomic mass is 10.2. The highest BCUT2D eigenvalue weighted by molar-refractivity contribution is 7.91. The molecular formula is C14H22N2O3S. The molecule has 1 aromatic rings. The SMILES string of the molecule is CCCS(=O)(=O)c1ccccc1C(=O)NCCCNC. The molecule has 0 radical (unpaired) electrons. The van der Waals surface area contributed by atoms with Crippen LogP contribution in [-0.2, 0) is 9.84 Å². The molecule has 0 aliphatic carbocycles. The minimum absolute atomic E-state index is 0.0526. The van der Waals surface area contributed by atoms with Crippen molar-refractivity contribution in [3.63, 3.8) is 0 Å². The number of carbonyl (C=O) groups excluding carboxylic acids is 1. The molecule has 0 aromatic heterocycles. The van der Waals surface area contributed by atoms with Crippen LogP contribution < -0.4 is 10.6 Å². The summed E-state index contributed by atoms with van der Waals surface area (Å²) in [6, 6.07) is 6.36. The molecule has 0 atom stereocenters. The van der Waals surface area contributed by atoms with E-state index in [1.54, 1.807) is 25.1 Å². The van der Waals surface area contributed by atoms with Crippen molar-refractivity contribution in [3.8, 4) is 0 Å². The largest absolute Gasteiger partial charge is 0.352 e. The van der Waals surface area contributed by atoms with Gasteiger partial charge in [0.15, 0.2) is 9.84 Å². The van der Waals surface area contributed by atoms with Gasteiger partial charge < -0.3 is 10.6 Å². The van der Waals surface area contributed by atoms with Gasteiger partial charge in [0.05, 0.1) is 16.2 Å². The fourth-order valence-corrected chi connectivity index (χ4v) is 3.41. The summed E-state index contributed by atoms with van der Waals surface area (Å²) in [6.45, 7) is 3.12. The van der Waals surface area contributed by atoms with E-state index >= 15 is 0 Å². The van der Waals surface area contributed by atoms with E-state index < -0.39 is 9.84 Å². The van der Waals surface area contributed by atoms with Gasteiger partial charge in [0, 0.05) is 6.54 Å². The average molecular weight is 298 g/mol. The molecule has 0 aliphatic heterocycles. The molecule has 0 unspecified atom stereocenters. The van der Waals surface area contributed by atoms with Crippen molar-refractivity contribution in [1.29, 1.82) is 0 Å². The molecule has 0 aliphatic rings. The fraction of sp³-hybridized carbons (Fsp3) is 0.500. The van der Waals surface area contributed by atoms with Gasteiger partial charge in [-0.2, -0.15) is 0 Å². The predicted molar refractivity (Wildman–Crippen MR) is 79.7 cm³/mol. The van der Waals surface area contributed by atoms with Crippen LogP contribution in [0, 0.1) is 0 Å². The van der Waals surface area contributed by atoms with Crippen LogP contribution in [0.5, 0.6) is 0 Å². The van der Waals surface area contributed by atoms with Gasteiger partial charge in [-0.15, -0.1) is 0 Å². The minimum Gasteiger partial charge on any atom is -0.352 e. The van der Waals surface area contributed by atoms with Crippen molar-refractivity contribution in [2.75, 3.05) is 25.9 Å². The summed E-state index contributed by atoms with van der Waals surface area (Å²) >= 11 is 0. The number of hydrogen-bond acceptors (Lipinski definition) is 4. The molecule has 2 N–H and O–H groups in total. The maximum atomic E-state index is 12.1. The monoisotopic (exact) mass is 298 g/mol. The molecule has 0 spiro atoms. The Morgan fingerprint density at radius 3 is 2.55 bits per heavy atom.